The van der Waals surface area contributed by atoms with E-state index in [0.29, 0.717) is 10.1 Å². The Morgan fingerprint density at radius 1 is 1.29 bits per heavy atom. The fraction of sp³-hybridized carbons (Fsp3) is 0. The highest BCUT2D eigenvalue weighted by Crippen LogP contribution is 2.38. The Labute approximate surface area is 82.7 Å². The lowest BCUT2D eigenvalue weighted by atomic mass is 10.2. The molecule has 0 unspecified atom stereocenters. The minimum absolute atomic E-state index is 0.00235. The van der Waals surface area contributed by atoms with Crippen LogP contribution in [-0.2, 0) is 0 Å². The van der Waals surface area contributed by atoms with Gasteiger partial charge in [-0.05, 0) is 18.2 Å². The van der Waals surface area contributed by atoms with Gasteiger partial charge in [0.25, 0.3) is 0 Å². The van der Waals surface area contributed by atoms with Crippen LogP contribution in [0, 0.1) is 0 Å². The van der Waals surface area contributed by atoms with E-state index in [4.69, 9.17) is 10.2 Å². The molecule has 4 nitrogen and oxygen atoms in total. The normalized spacial score (nSPS) is 10.6. The zero-order valence-electron chi connectivity index (χ0n) is 6.89. The van der Waals surface area contributed by atoms with Crippen molar-refractivity contribution < 1.29 is 20.1 Å². The van der Waals surface area contributed by atoms with Gasteiger partial charge in [-0.1, -0.05) is 0 Å². The summed E-state index contributed by atoms with van der Waals surface area (Å²) < 4.78 is 0.637. The number of thiophene rings is 1. The number of benzene rings is 1. The van der Waals surface area contributed by atoms with Gasteiger partial charge in [0.1, 0.15) is 11.5 Å². The number of carboxylic acids is 1. The lowest BCUT2D eigenvalue weighted by molar-refractivity contribution is 0.0699. The van der Waals surface area contributed by atoms with Crippen molar-refractivity contribution in [2.45, 2.75) is 0 Å². The quantitative estimate of drug-likeness (QED) is 0.672. The van der Waals surface area contributed by atoms with Crippen LogP contribution in [0.5, 0.6) is 11.5 Å². The van der Waals surface area contributed by atoms with Crippen LogP contribution in [0.4, 0.5) is 0 Å². The van der Waals surface area contributed by atoms with Gasteiger partial charge in [-0.15, -0.1) is 11.3 Å². The molecule has 0 saturated carbocycles. The second-order valence-electron chi connectivity index (χ2n) is 2.77. The van der Waals surface area contributed by atoms with Crippen LogP contribution in [0.2, 0.25) is 0 Å². The minimum atomic E-state index is -1.16. The van der Waals surface area contributed by atoms with Crippen LogP contribution >= 0.6 is 11.3 Å². The largest absolute Gasteiger partial charge is 0.508 e. The van der Waals surface area contributed by atoms with Crippen molar-refractivity contribution in [1.29, 1.82) is 0 Å². The average Bonchev–Trinajstić information content (AvgIpc) is 2.44. The third-order valence-electron chi connectivity index (χ3n) is 1.84. The zero-order chi connectivity index (χ0) is 10.3. The molecule has 1 aromatic carbocycles. The van der Waals surface area contributed by atoms with Crippen molar-refractivity contribution in [3.05, 3.63) is 23.1 Å². The maximum atomic E-state index is 10.7. The lowest BCUT2D eigenvalue weighted by Gasteiger charge is -1.92. The lowest BCUT2D eigenvalue weighted by Crippen LogP contribution is -1.90. The molecule has 14 heavy (non-hydrogen) atoms. The van der Waals surface area contributed by atoms with Crippen molar-refractivity contribution in [1.82, 2.24) is 0 Å². The average molecular weight is 210 g/mol. The number of rotatable bonds is 1. The summed E-state index contributed by atoms with van der Waals surface area (Å²) in [7, 11) is 0. The molecule has 3 N–H and O–H groups in total. The van der Waals surface area contributed by atoms with Crippen molar-refractivity contribution in [3.63, 3.8) is 0 Å². The number of hydrogen-bond acceptors (Lipinski definition) is 4. The van der Waals surface area contributed by atoms with E-state index in [9.17, 15) is 9.90 Å². The van der Waals surface area contributed by atoms with Crippen LogP contribution in [-0.4, -0.2) is 21.3 Å². The summed E-state index contributed by atoms with van der Waals surface area (Å²) in [4.78, 5) is 10.6. The Bertz CT molecular complexity index is 515. The van der Waals surface area contributed by atoms with Gasteiger partial charge in [0.15, 0.2) is 4.88 Å². The van der Waals surface area contributed by atoms with E-state index in [1.54, 1.807) is 6.07 Å². The first kappa shape index (κ1) is 8.83. The number of carboxylic acid groups (broad SMARTS) is 1. The number of carbonyl (C=O) groups is 1. The summed E-state index contributed by atoms with van der Waals surface area (Å²) in [5.41, 5.74) is 0. The van der Waals surface area contributed by atoms with Gasteiger partial charge >= 0.3 is 5.97 Å². The van der Waals surface area contributed by atoms with E-state index in [2.05, 4.69) is 0 Å². The van der Waals surface area contributed by atoms with Gasteiger partial charge in [0.2, 0.25) is 0 Å². The Morgan fingerprint density at radius 2 is 2.00 bits per heavy atom. The maximum absolute atomic E-state index is 10.7. The number of hydrogen-bond donors (Lipinski definition) is 3. The SMILES string of the molecule is O=C(O)c1sc2ccc(O)cc2c1O. The first-order chi connectivity index (χ1) is 6.59. The summed E-state index contributed by atoms with van der Waals surface area (Å²) in [5, 5.41) is 27.7. The smallest absolute Gasteiger partial charge is 0.349 e. The van der Waals surface area contributed by atoms with Crippen molar-refractivity contribution >= 4 is 27.4 Å². The molecule has 0 fully saturated rings. The number of fused-ring (bicyclic) bond motifs is 1. The first-order valence-electron chi connectivity index (χ1n) is 3.77. The zero-order valence-corrected chi connectivity index (χ0v) is 7.71. The Balaban J connectivity index is 2.80. The van der Waals surface area contributed by atoms with Gasteiger partial charge in [-0.2, -0.15) is 0 Å². The number of aromatic carboxylic acids is 1. The van der Waals surface area contributed by atoms with Gasteiger partial charge in [-0.25, -0.2) is 4.79 Å². The first-order valence-corrected chi connectivity index (χ1v) is 4.59. The van der Waals surface area contributed by atoms with Crippen LogP contribution in [0.25, 0.3) is 10.1 Å². The highest BCUT2D eigenvalue weighted by molar-refractivity contribution is 7.21. The topological polar surface area (TPSA) is 77.8 Å². The summed E-state index contributed by atoms with van der Waals surface area (Å²) in [6.45, 7) is 0. The number of phenolic OH excluding ortho intramolecular Hbond substituents is 1. The second-order valence-corrected chi connectivity index (χ2v) is 3.82. The molecule has 1 heterocycles. The molecule has 2 rings (SSSR count). The predicted octanol–water partition coefficient (Wildman–Crippen LogP) is 2.01. The molecule has 0 aliphatic heterocycles. The standard InChI is InChI=1S/C9H6O4S/c10-4-1-2-6-5(3-4)7(11)8(14-6)9(12)13/h1-3,10-11H,(H,12,13). The Hall–Kier alpha value is -1.75. The fourth-order valence-corrected chi connectivity index (χ4v) is 2.13. The molecule has 0 radical (unpaired) electrons. The molecule has 0 aliphatic rings. The molecule has 0 bridgehead atoms. The maximum Gasteiger partial charge on any atom is 0.349 e. The fourth-order valence-electron chi connectivity index (χ4n) is 1.22. The van der Waals surface area contributed by atoms with E-state index in [1.807, 2.05) is 0 Å². The van der Waals surface area contributed by atoms with E-state index >= 15 is 0 Å². The molecular weight excluding hydrogens is 204 g/mol. The van der Waals surface area contributed by atoms with Gasteiger partial charge in [0, 0.05) is 10.1 Å². The molecular formula is C9H6O4S. The Kier molecular flexibility index (Phi) is 1.82. The van der Waals surface area contributed by atoms with E-state index in [1.165, 1.54) is 12.1 Å². The molecule has 0 atom stereocenters. The molecule has 0 saturated heterocycles. The van der Waals surface area contributed by atoms with E-state index in [-0.39, 0.29) is 16.4 Å². The van der Waals surface area contributed by atoms with Crippen molar-refractivity contribution in [2.75, 3.05) is 0 Å². The monoisotopic (exact) mass is 210 g/mol. The third kappa shape index (κ3) is 1.18. The highest BCUT2D eigenvalue weighted by Gasteiger charge is 2.16. The molecule has 1 aromatic heterocycles. The second kappa shape index (κ2) is 2.88. The highest BCUT2D eigenvalue weighted by atomic mass is 32.1. The van der Waals surface area contributed by atoms with Crippen molar-refractivity contribution in [3.8, 4) is 11.5 Å². The molecule has 0 aliphatic carbocycles. The summed E-state index contributed by atoms with van der Waals surface area (Å²) in [6.07, 6.45) is 0. The van der Waals surface area contributed by atoms with E-state index in [0.717, 1.165) is 11.3 Å². The molecule has 72 valence electrons. The number of aromatic hydroxyl groups is 2. The predicted molar refractivity (Wildman–Crippen MR) is 52.1 cm³/mol. The van der Waals surface area contributed by atoms with Gasteiger partial charge in [0.05, 0.1) is 0 Å². The summed E-state index contributed by atoms with van der Waals surface area (Å²) in [5.74, 6) is -1.45. The van der Waals surface area contributed by atoms with Crippen LogP contribution in [0.3, 0.4) is 0 Å². The van der Waals surface area contributed by atoms with Crippen LogP contribution in [0.15, 0.2) is 18.2 Å². The van der Waals surface area contributed by atoms with Crippen molar-refractivity contribution in [2.24, 2.45) is 0 Å². The Morgan fingerprint density at radius 3 is 2.64 bits per heavy atom. The molecule has 2 aromatic rings. The van der Waals surface area contributed by atoms with Crippen LogP contribution in [0.1, 0.15) is 9.67 Å². The third-order valence-corrected chi connectivity index (χ3v) is 2.99. The van der Waals surface area contributed by atoms with E-state index < -0.39 is 5.97 Å². The van der Waals surface area contributed by atoms with Gasteiger partial charge in [-0.3, -0.25) is 0 Å². The molecule has 0 amide bonds. The van der Waals surface area contributed by atoms with Crippen LogP contribution < -0.4 is 0 Å². The molecule has 0 spiro atoms. The summed E-state index contributed by atoms with van der Waals surface area (Å²) >= 11 is 0.980. The van der Waals surface area contributed by atoms with Gasteiger partial charge < -0.3 is 15.3 Å². The minimum Gasteiger partial charge on any atom is -0.508 e. The summed E-state index contributed by atoms with van der Waals surface area (Å²) in [6, 6.07) is 4.36. The molecule has 5 heteroatoms. The number of phenols is 1.